The molecular formula is C10H21NO4S. The summed E-state index contributed by atoms with van der Waals surface area (Å²) in [6, 6.07) is 0. The number of ether oxygens (including phenoxy) is 2. The van der Waals surface area contributed by atoms with Gasteiger partial charge in [0.1, 0.15) is 0 Å². The minimum absolute atomic E-state index is 0.120. The van der Waals surface area contributed by atoms with Crippen LogP contribution in [0.1, 0.15) is 27.7 Å². The monoisotopic (exact) mass is 251 g/mol. The van der Waals surface area contributed by atoms with Gasteiger partial charge in [0.25, 0.3) is 0 Å². The van der Waals surface area contributed by atoms with Crippen molar-refractivity contribution in [1.29, 1.82) is 0 Å². The van der Waals surface area contributed by atoms with Gasteiger partial charge in [0.2, 0.25) is 10.0 Å². The Kier molecular flexibility index (Phi) is 4.34. The normalized spacial score (nSPS) is 25.2. The van der Waals surface area contributed by atoms with Gasteiger partial charge in [0, 0.05) is 6.54 Å². The van der Waals surface area contributed by atoms with Gasteiger partial charge in [0.15, 0.2) is 5.79 Å². The first kappa shape index (κ1) is 13.9. The van der Waals surface area contributed by atoms with Crippen molar-refractivity contribution in [1.82, 2.24) is 4.72 Å². The SMILES string of the molecule is CC(C)CS(=O)(=O)NCC1COC(C)(C)O1. The Balaban J connectivity index is 2.36. The topological polar surface area (TPSA) is 64.6 Å². The first-order valence-corrected chi connectivity index (χ1v) is 7.14. The summed E-state index contributed by atoms with van der Waals surface area (Å²) in [6.07, 6.45) is -0.197. The van der Waals surface area contributed by atoms with Crippen molar-refractivity contribution in [2.45, 2.75) is 39.6 Å². The van der Waals surface area contributed by atoms with Crippen LogP contribution in [-0.2, 0) is 19.5 Å². The number of hydrogen-bond acceptors (Lipinski definition) is 4. The van der Waals surface area contributed by atoms with E-state index >= 15 is 0 Å². The summed E-state index contributed by atoms with van der Waals surface area (Å²) in [5, 5.41) is 0. The van der Waals surface area contributed by atoms with Gasteiger partial charge in [-0.1, -0.05) is 13.8 Å². The number of hydrogen-bond donors (Lipinski definition) is 1. The van der Waals surface area contributed by atoms with Crippen molar-refractivity contribution in [3.63, 3.8) is 0 Å². The molecule has 1 unspecified atom stereocenters. The summed E-state index contributed by atoms with van der Waals surface area (Å²) in [6.45, 7) is 8.08. The van der Waals surface area contributed by atoms with E-state index in [0.29, 0.717) is 6.61 Å². The zero-order valence-corrected chi connectivity index (χ0v) is 11.1. The quantitative estimate of drug-likeness (QED) is 0.781. The molecule has 0 aliphatic carbocycles. The van der Waals surface area contributed by atoms with Crippen LogP contribution in [0.3, 0.4) is 0 Å². The van der Waals surface area contributed by atoms with E-state index in [4.69, 9.17) is 9.47 Å². The van der Waals surface area contributed by atoms with Crippen molar-refractivity contribution in [3.05, 3.63) is 0 Å². The molecule has 5 nitrogen and oxygen atoms in total. The van der Waals surface area contributed by atoms with Gasteiger partial charge in [-0.25, -0.2) is 13.1 Å². The Morgan fingerprint density at radius 2 is 2.06 bits per heavy atom. The summed E-state index contributed by atoms with van der Waals surface area (Å²) in [5.41, 5.74) is 0. The molecule has 1 aliphatic heterocycles. The molecule has 1 rings (SSSR count). The van der Waals surface area contributed by atoms with E-state index in [2.05, 4.69) is 4.72 Å². The lowest BCUT2D eigenvalue weighted by Gasteiger charge is -2.17. The standard InChI is InChI=1S/C10H21NO4S/c1-8(2)7-16(12,13)11-5-9-6-14-10(3,4)15-9/h8-9,11H,5-7H2,1-4H3. The van der Waals surface area contributed by atoms with Crippen molar-refractivity contribution in [2.75, 3.05) is 18.9 Å². The van der Waals surface area contributed by atoms with Gasteiger partial charge in [-0.05, 0) is 19.8 Å². The third-order valence-electron chi connectivity index (χ3n) is 2.15. The molecule has 0 saturated carbocycles. The van der Waals surface area contributed by atoms with Crippen LogP contribution in [0.5, 0.6) is 0 Å². The first-order chi connectivity index (χ1) is 7.20. The van der Waals surface area contributed by atoms with Crippen molar-refractivity contribution < 1.29 is 17.9 Å². The summed E-state index contributed by atoms with van der Waals surface area (Å²) < 4.78 is 36.5. The van der Waals surface area contributed by atoms with E-state index in [1.54, 1.807) is 0 Å². The lowest BCUT2D eigenvalue weighted by atomic mass is 10.3. The van der Waals surface area contributed by atoms with E-state index in [1.807, 2.05) is 27.7 Å². The minimum atomic E-state index is -3.19. The Morgan fingerprint density at radius 1 is 1.44 bits per heavy atom. The molecule has 1 saturated heterocycles. The molecule has 0 aromatic rings. The molecule has 6 heteroatoms. The maximum Gasteiger partial charge on any atom is 0.211 e. The molecule has 1 heterocycles. The molecule has 1 fully saturated rings. The smallest absolute Gasteiger partial charge is 0.211 e. The molecule has 1 atom stereocenters. The molecule has 96 valence electrons. The Bertz CT molecular complexity index is 324. The Labute approximate surface area is 97.6 Å². The van der Waals surface area contributed by atoms with E-state index < -0.39 is 15.8 Å². The van der Waals surface area contributed by atoms with Crippen LogP contribution in [0.25, 0.3) is 0 Å². The van der Waals surface area contributed by atoms with Crippen LogP contribution in [0.2, 0.25) is 0 Å². The molecule has 16 heavy (non-hydrogen) atoms. The lowest BCUT2D eigenvalue weighted by molar-refractivity contribution is -0.137. The summed E-state index contributed by atoms with van der Waals surface area (Å²) in [5.74, 6) is -0.340. The summed E-state index contributed by atoms with van der Waals surface area (Å²) >= 11 is 0. The van der Waals surface area contributed by atoms with E-state index in [9.17, 15) is 8.42 Å². The van der Waals surface area contributed by atoms with Crippen LogP contribution in [0.15, 0.2) is 0 Å². The van der Waals surface area contributed by atoms with Gasteiger partial charge < -0.3 is 9.47 Å². The van der Waals surface area contributed by atoms with Crippen LogP contribution < -0.4 is 4.72 Å². The van der Waals surface area contributed by atoms with Crippen molar-refractivity contribution in [2.24, 2.45) is 5.92 Å². The second-order valence-electron chi connectivity index (χ2n) is 4.97. The molecule has 1 aliphatic rings. The highest BCUT2D eigenvalue weighted by Gasteiger charge is 2.33. The van der Waals surface area contributed by atoms with Gasteiger partial charge in [-0.3, -0.25) is 0 Å². The summed E-state index contributed by atoms with van der Waals surface area (Å²) in [4.78, 5) is 0. The fourth-order valence-electron chi connectivity index (χ4n) is 1.58. The largest absolute Gasteiger partial charge is 0.348 e. The van der Waals surface area contributed by atoms with E-state index in [0.717, 1.165) is 0 Å². The maximum atomic E-state index is 11.6. The second kappa shape index (κ2) is 5.00. The molecule has 0 aromatic carbocycles. The van der Waals surface area contributed by atoms with Crippen LogP contribution in [-0.4, -0.2) is 39.2 Å². The van der Waals surface area contributed by atoms with Crippen molar-refractivity contribution in [3.8, 4) is 0 Å². The molecule has 0 spiro atoms. The highest BCUT2D eigenvalue weighted by Crippen LogP contribution is 2.21. The zero-order valence-electron chi connectivity index (χ0n) is 10.3. The molecule has 1 N–H and O–H groups in total. The number of nitrogens with one attached hydrogen (secondary N) is 1. The maximum absolute atomic E-state index is 11.6. The third kappa shape index (κ3) is 4.78. The average molecular weight is 251 g/mol. The van der Waals surface area contributed by atoms with Gasteiger partial charge in [0.05, 0.1) is 18.5 Å². The molecular weight excluding hydrogens is 230 g/mol. The lowest BCUT2D eigenvalue weighted by Crippen LogP contribution is -2.36. The highest BCUT2D eigenvalue weighted by atomic mass is 32.2. The van der Waals surface area contributed by atoms with Crippen molar-refractivity contribution >= 4 is 10.0 Å². The molecule has 0 amide bonds. The van der Waals surface area contributed by atoms with Gasteiger partial charge in [-0.15, -0.1) is 0 Å². The van der Waals surface area contributed by atoms with E-state index in [-0.39, 0.29) is 24.3 Å². The number of sulfonamides is 1. The third-order valence-corrected chi connectivity index (χ3v) is 3.86. The fraction of sp³-hybridized carbons (Fsp3) is 1.00. The predicted molar refractivity (Wildman–Crippen MR) is 61.5 cm³/mol. The second-order valence-corrected chi connectivity index (χ2v) is 6.83. The predicted octanol–water partition coefficient (Wildman–Crippen LogP) is 0.713. The highest BCUT2D eigenvalue weighted by molar-refractivity contribution is 7.89. The minimum Gasteiger partial charge on any atom is -0.348 e. The van der Waals surface area contributed by atoms with Gasteiger partial charge >= 0.3 is 0 Å². The Hall–Kier alpha value is -0.170. The molecule has 0 radical (unpaired) electrons. The zero-order chi connectivity index (χ0) is 12.4. The van der Waals surface area contributed by atoms with Crippen LogP contribution in [0.4, 0.5) is 0 Å². The summed E-state index contributed by atoms with van der Waals surface area (Å²) in [7, 11) is -3.19. The number of rotatable bonds is 5. The molecule has 0 bridgehead atoms. The molecule has 0 aromatic heterocycles. The Morgan fingerprint density at radius 3 is 2.50 bits per heavy atom. The van der Waals surface area contributed by atoms with Crippen LogP contribution in [0, 0.1) is 5.92 Å². The van der Waals surface area contributed by atoms with Gasteiger partial charge in [-0.2, -0.15) is 0 Å². The van der Waals surface area contributed by atoms with Crippen LogP contribution >= 0.6 is 0 Å². The first-order valence-electron chi connectivity index (χ1n) is 5.49. The fourth-order valence-corrected chi connectivity index (χ4v) is 3.02. The average Bonchev–Trinajstić information content (AvgIpc) is 2.40. The van der Waals surface area contributed by atoms with E-state index in [1.165, 1.54) is 0 Å².